The Labute approximate surface area is 118 Å². The molecular weight excluding hydrogens is 246 g/mol. The first-order chi connectivity index (χ1) is 9.86. The third-order valence-corrected chi connectivity index (χ3v) is 3.93. The fourth-order valence-corrected chi connectivity index (χ4v) is 2.76. The van der Waals surface area contributed by atoms with E-state index in [1.54, 1.807) is 0 Å². The minimum absolute atomic E-state index is 0.562. The molecule has 4 rings (SSSR count). The number of nitrogens with zero attached hydrogens (tertiary/aromatic N) is 2. The van der Waals surface area contributed by atoms with Crippen LogP contribution in [0.25, 0.3) is 22.4 Å². The summed E-state index contributed by atoms with van der Waals surface area (Å²) in [6, 6.07) is 17.4. The summed E-state index contributed by atoms with van der Waals surface area (Å²) in [6.45, 7) is 0.562. The molecule has 0 atom stereocenters. The van der Waals surface area contributed by atoms with Gasteiger partial charge in [-0.15, -0.1) is 0 Å². The van der Waals surface area contributed by atoms with Crippen molar-refractivity contribution in [1.82, 2.24) is 9.55 Å². The van der Waals surface area contributed by atoms with Gasteiger partial charge in [-0.3, -0.25) is 0 Å². The summed E-state index contributed by atoms with van der Waals surface area (Å²) in [4.78, 5) is 4.86. The van der Waals surface area contributed by atoms with E-state index in [1.165, 1.54) is 23.9 Å². The van der Waals surface area contributed by atoms with Crippen molar-refractivity contribution in [2.24, 2.45) is 5.73 Å². The van der Waals surface area contributed by atoms with Crippen LogP contribution in [0.3, 0.4) is 0 Å². The lowest BCUT2D eigenvalue weighted by Gasteiger charge is -2.07. The quantitative estimate of drug-likeness (QED) is 0.786. The lowest BCUT2D eigenvalue weighted by atomic mass is 10.2. The van der Waals surface area contributed by atoms with Crippen molar-refractivity contribution in [2.45, 2.75) is 25.4 Å². The highest BCUT2D eigenvalue weighted by Gasteiger charge is 2.28. The first kappa shape index (κ1) is 11.7. The summed E-state index contributed by atoms with van der Waals surface area (Å²) in [5, 5.41) is 0. The second kappa shape index (κ2) is 4.46. The number of hydrogen-bond donors (Lipinski definition) is 1. The van der Waals surface area contributed by atoms with Crippen molar-refractivity contribution in [1.29, 1.82) is 0 Å². The van der Waals surface area contributed by atoms with Crippen LogP contribution in [-0.4, -0.2) is 9.55 Å². The number of aromatic nitrogens is 2. The molecule has 3 aromatic rings. The Kier molecular flexibility index (Phi) is 2.60. The Bertz CT molecular complexity index is 755. The molecule has 1 saturated carbocycles. The maximum Gasteiger partial charge on any atom is 0.141 e. The minimum atomic E-state index is 0.562. The standard InChI is InChI=1S/C17H17N3/c18-11-12-6-9-16-15(10-12)19-17(20(16)14-7-8-14)13-4-2-1-3-5-13/h1-6,9-10,14H,7-8,11,18H2. The van der Waals surface area contributed by atoms with Crippen molar-refractivity contribution in [2.75, 3.05) is 0 Å². The van der Waals surface area contributed by atoms with E-state index < -0.39 is 0 Å². The maximum atomic E-state index is 5.73. The molecule has 2 N–H and O–H groups in total. The summed E-state index contributed by atoms with van der Waals surface area (Å²) in [7, 11) is 0. The van der Waals surface area contributed by atoms with Crippen LogP contribution in [0.2, 0.25) is 0 Å². The van der Waals surface area contributed by atoms with Gasteiger partial charge in [0.05, 0.1) is 11.0 Å². The molecule has 100 valence electrons. The van der Waals surface area contributed by atoms with E-state index in [4.69, 9.17) is 10.7 Å². The van der Waals surface area contributed by atoms with Crippen molar-refractivity contribution >= 4 is 11.0 Å². The van der Waals surface area contributed by atoms with E-state index in [1.807, 2.05) is 6.07 Å². The van der Waals surface area contributed by atoms with Crippen molar-refractivity contribution in [3.63, 3.8) is 0 Å². The predicted octanol–water partition coefficient (Wildman–Crippen LogP) is 3.50. The average Bonchev–Trinajstić information content (AvgIpc) is 3.27. The summed E-state index contributed by atoms with van der Waals surface area (Å²) in [5.74, 6) is 1.08. The molecule has 20 heavy (non-hydrogen) atoms. The van der Waals surface area contributed by atoms with Crippen LogP contribution in [0.1, 0.15) is 24.4 Å². The Balaban J connectivity index is 1.97. The number of benzene rings is 2. The van der Waals surface area contributed by atoms with Crippen molar-refractivity contribution in [3.8, 4) is 11.4 Å². The molecule has 2 aromatic carbocycles. The van der Waals surface area contributed by atoms with Gasteiger partial charge >= 0.3 is 0 Å². The SMILES string of the molecule is NCc1ccc2c(c1)nc(-c1ccccc1)n2C1CC1. The molecule has 0 amide bonds. The van der Waals surface area contributed by atoms with E-state index >= 15 is 0 Å². The van der Waals surface area contributed by atoms with Crippen LogP contribution in [0, 0.1) is 0 Å². The minimum Gasteiger partial charge on any atom is -0.326 e. The van der Waals surface area contributed by atoms with Crippen LogP contribution >= 0.6 is 0 Å². The molecule has 1 aromatic heterocycles. The van der Waals surface area contributed by atoms with Gasteiger partial charge in [-0.05, 0) is 30.5 Å². The van der Waals surface area contributed by atoms with Crippen LogP contribution in [0.15, 0.2) is 48.5 Å². The number of imidazole rings is 1. The smallest absolute Gasteiger partial charge is 0.141 e. The van der Waals surface area contributed by atoms with Gasteiger partial charge in [0.25, 0.3) is 0 Å². The molecule has 0 bridgehead atoms. The highest BCUT2D eigenvalue weighted by atomic mass is 15.1. The Morgan fingerprint density at radius 3 is 2.60 bits per heavy atom. The summed E-state index contributed by atoms with van der Waals surface area (Å²) >= 11 is 0. The largest absolute Gasteiger partial charge is 0.326 e. The van der Waals surface area contributed by atoms with Gasteiger partial charge in [-0.1, -0.05) is 36.4 Å². The second-order valence-corrected chi connectivity index (χ2v) is 5.43. The molecule has 0 saturated heterocycles. The summed E-state index contributed by atoms with van der Waals surface area (Å²) in [6.07, 6.45) is 2.51. The fraction of sp³-hybridized carbons (Fsp3) is 0.235. The zero-order chi connectivity index (χ0) is 13.5. The maximum absolute atomic E-state index is 5.73. The molecule has 1 aliphatic rings. The molecule has 3 heteroatoms. The van der Waals surface area contributed by atoms with Crippen LogP contribution in [0.4, 0.5) is 0 Å². The number of rotatable bonds is 3. The first-order valence-electron chi connectivity index (χ1n) is 7.13. The Hall–Kier alpha value is -2.13. The average molecular weight is 263 g/mol. The molecule has 1 heterocycles. The van der Waals surface area contributed by atoms with Gasteiger partial charge in [0.15, 0.2) is 0 Å². The van der Waals surface area contributed by atoms with Crippen LogP contribution in [-0.2, 0) is 6.54 Å². The summed E-state index contributed by atoms with van der Waals surface area (Å²) < 4.78 is 2.39. The topological polar surface area (TPSA) is 43.8 Å². The number of fused-ring (bicyclic) bond motifs is 1. The van der Waals surface area contributed by atoms with E-state index in [9.17, 15) is 0 Å². The van der Waals surface area contributed by atoms with Crippen molar-refractivity contribution < 1.29 is 0 Å². The molecule has 1 aliphatic carbocycles. The molecule has 0 unspecified atom stereocenters. The van der Waals surface area contributed by atoms with Crippen LogP contribution < -0.4 is 5.73 Å². The molecule has 0 spiro atoms. The number of nitrogens with two attached hydrogens (primary N) is 1. The highest BCUT2D eigenvalue weighted by Crippen LogP contribution is 2.41. The molecule has 3 nitrogen and oxygen atoms in total. The monoisotopic (exact) mass is 263 g/mol. The number of hydrogen-bond acceptors (Lipinski definition) is 2. The molecule has 0 aliphatic heterocycles. The summed E-state index contributed by atoms with van der Waals surface area (Å²) in [5.41, 5.74) is 10.3. The van der Waals surface area contributed by atoms with Crippen LogP contribution in [0.5, 0.6) is 0 Å². The zero-order valence-corrected chi connectivity index (χ0v) is 11.3. The van der Waals surface area contributed by atoms with Gasteiger partial charge in [-0.2, -0.15) is 0 Å². The molecule has 0 radical (unpaired) electrons. The van der Waals surface area contributed by atoms with E-state index in [-0.39, 0.29) is 0 Å². The lowest BCUT2D eigenvalue weighted by molar-refractivity contribution is 0.775. The Morgan fingerprint density at radius 1 is 1.10 bits per heavy atom. The molecule has 1 fully saturated rings. The van der Waals surface area contributed by atoms with E-state index in [2.05, 4.69) is 47.0 Å². The third-order valence-electron chi connectivity index (χ3n) is 3.93. The Morgan fingerprint density at radius 2 is 1.90 bits per heavy atom. The van der Waals surface area contributed by atoms with E-state index in [0.717, 1.165) is 16.9 Å². The lowest BCUT2D eigenvalue weighted by Crippen LogP contribution is -1.98. The van der Waals surface area contributed by atoms with E-state index in [0.29, 0.717) is 12.6 Å². The third kappa shape index (κ3) is 1.82. The van der Waals surface area contributed by atoms with Gasteiger partial charge in [0, 0.05) is 18.2 Å². The normalized spacial score (nSPS) is 14.8. The van der Waals surface area contributed by atoms with Gasteiger partial charge in [0.2, 0.25) is 0 Å². The van der Waals surface area contributed by atoms with Gasteiger partial charge in [0.1, 0.15) is 5.82 Å². The first-order valence-corrected chi connectivity index (χ1v) is 7.13. The van der Waals surface area contributed by atoms with Crippen molar-refractivity contribution in [3.05, 3.63) is 54.1 Å². The van der Waals surface area contributed by atoms with Gasteiger partial charge < -0.3 is 10.3 Å². The highest BCUT2D eigenvalue weighted by molar-refractivity contribution is 5.81. The zero-order valence-electron chi connectivity index (χ0n) is 11.3. The molecular formula is C17H17N3. The predicted molar refractivity (Wildman–Crippen MR) is 81.3 cm³/mol. The fourth-order valence-electron chi connectivity index (χ4n) is 2.76. The van der Waals surface area contributed by atoms with Gasteiger partial charge in [-0.25, -0.2) is 4.98 Å². The second-order valence-electron chi connectivity index (χ2n) is 5.43.